The van der Waals surface area contributed by atoms with E-state index in [-0.39, 0.29) is 0 Å². The Morgan fingerprint density at radius 1 is 1.00 bits per heavy atom. The van der Waals surface area contributed by atoms with Gasteiger partial charge in [0, 0.05) is 12.2 Å². The van der Waals surface area contributed by atoms with Gasteiger partial charge in [0.25, 0.3) is 0 Å². The fourth-order valence-electron chi connectivity index (χ4n) is 2.95. The summed E-state index contributed by atoms with van der Waals surface area (Å²) in [5.41, 5.74) is 7.08. The number of hydrogen-bond acceptors (Lipinski definition) is 1. The molecule has 1 aliphatic carbocycles. The molecule has 0 spiro atoms. The number of hydrogen-bond donors (Lipinski definition) is 1. The van der Waals surface area contributed by atoms with Gasteiger partial charge in [-0.05, 0) is 54.4 Å². The van der Waals surface area contributed by atoms with Crippen molar-refractivity contribution in [3.8, 4) is 0 Å². The zero-order valence-corrected chi connectivity index (χ0v) is 12.4. The van der Waals surface area contributed by atoms with Crippen LogP contribution >= 0.6 is 0 Å². The van der Waals surface area contributed by atoms with Crippen molar-refractivity contribution >= 4 is 5.69 Å². The minimum Gasteiger partial charge on any atom is -0.381 e. The Morgan fingerprint density at radius 2 is 1.75 bits per heavy atom. The van der Waals surface area contributed by atoms with E-state index in [4.69, 9.17) is 0 Å². The average molecular weight is 265 g/mol. The van der Waals surface area contributed by atoms with Gasteiger partial charge in [-0.3, -0.25) is 0 Å². The van der Waals surface area contributed by atoms with Gasteiger partial charge in [0.2, 0.25) is 0 Å². The molecule has 1 aliphatic rings. The van der Waals surface area contributed by atoms with Gasteiger partial charge < -0.3 is 5.32 Å². The van der Waals surface area contributed by atoms with Gasteiger partial charge in [-0.15, -0.1) is 0 Å². The first-order valence-corrected chi connectivity index (χ1v) is 7.69. The maximum Gasteiger partial charge on any atom is 0.0404 e. The molecule has 0 unspecified atom stereocenters. The summed E-state index contributed by atoms with van der Waals surface area (Å²) < 4.78 is 0. The van der Waals surface area contributed by atoms with E-state index < -0.39 is 0 Å². The van der Waals surface area contributed by atoms with Crippen molar-refractivity contribution in [2.24, 2.45) is 0 Å². The lowest BCUT2D eigenvalue weighted by Gasteiger charge is -2.16. The van der Waals surface area contributed by atoms with Crippen molar-refractivity contribution in [2.45, 2.75) is 45.6 Å². The molecule has 0 amide bonds. The number of rotatable bonds is 5. The molecule has 104 valence electrons. The summed E-state index contributed by atoms with van der Waals surface area (Å²) in [6, 6.07) is 15.5. The molecule has 0 aliphatic heterocycles. The van der Waals surface area contributed by atoms with Crippen LogP contribution in [0.1, 0.15) is 47.9 Å². The monoisotopic (exact) mass is 265 g/mol. The molecule has 0 aromatic heterocycles. The normalized spacial score (nSPS) is 14.3. The highest BCUT2D eigenvalue weighted by molar-refractivity contribution is 5.57. The van der Waals surface area contributed by atoms with Crippen LogP contribution in [0.5, 0.6) is 0 Å². The second-order valence-corrected chi connectivity index (χ2v) is 5.79. The summed E-state index contributed by atoms with van der Waals surface area (Å²) in [5.74, 6) is 0.815. The summed E-state index contributed by atoms with van der Waals surface area (Å²) in [6.45, 7) is 5.34. The highest BCUT2D eigenvalue weighted by Gasteiger charge is 2.25. The second kappa shape index (κ2) is 5.70. The molecular weight excluding hydrogens is 242 g/mol. The minimum atomic E-state index is 0.815. The topological polar surface area (TPSA) is 12.0 Å². The molecule has 0 atom stereocenters. The van der Waals surface area contributed by atoms with E-state index in [1.165, 1.54) is 35.2 Å². The first kappa shape index (κ1) is 13.2. The van der Waals surface area contributed by atoms with Gasteiger partial charge in [-0.2, -0.15) is 0 Å². The van der Waals surface area contributed by atoms with Crippen LogP contribution in [0.3, 0.4) is 0 Å². The Morgan fingerprint density at radius 3 is 2.50 bits per heavy atom. The van der Waals surface area contributed by atoms with Gasteiger partial charge in [0.1, 0.15) is 0 Å². The molecule has 1 heteroatoms. The zero-order valence-electron chi connectivity index (χ0n) is 12.4. The molecule has 0 saturated heterocycles. The lowest BCUT2D eigenvalue weighted by molar-refractivity contribution is 1.02. The van der Waals surface area contributed by atoms with E-state index in [1.54, 1.807) is 5.56 Å². The smallest absolute Gasteiger partial charge is 0.0404 e. The third-order valence-electron chi connectivity index (χ3n) is 4.27. The molecule has 1 saturated carbocycles. The van der Waals surface area contributed by atoms with Crippen molar-refractivity contribution in [1.29, 1.82) is 0 Å². The molecule has 1 fully saturated rings. The van der Waals surface area contributed by atoms with Crippen molar-refractivity contribution < 1.29 is 0 Å². The van der Waals surface area contributed by atoms with E-state index in [2.05, 4.69) is 61.6 Å². The zero-order chi connectivity index (χ0) is 13.9. The van der Waals surface area contributed by atoms with Crippen LogP contribution in [0.25, 0.3) is 0 Å². The number of benzene rings is 2. The Hall–Kier alpha value is -1.76. The Bertz CT molecular complexity index is 596. The molecule has 0 bridgehead atoms. The van der Waals surface area contributed by atoms with Crippen LogP contribution in [0.4, 0.5) is 5.69 Å². The summed E-state index contributed by atoms with van der Waals surface area (Å²) >= 11 is 0. The fourth-order valence-corrected chi connectivity index (χ4v) is 2.95. The molecule has 20 heavy (non-hydrogen) atoms. The first-order chi connectivity index (χ1) is 9.79. The van der Waals surface area contributed by atoms with E-state index in [0.29, 0.717) is 0 Å². The molecular formula is C19H23N. The van der Waals surface area contributed by atoms with Crippen molar-refractivity contribution in [2.75, 3.05) is 5.32 Å². The maximum absolute atomic E-state index is 3.67. The van der Waals surface area contributed by atoms with Gasteiger partial charge >= 0.3 is 0 Å². The summed E-state index contributed by atoms with van der Waals surface area (Å²) in [5, 5.41) is 3.67. The lowest BCUT2D eigenvalue weighted by atomic mass is 10.0. The van der Waals surface area contributed by atoms with Crippen LogP contribution in [0.15, 0.2) is 42.5 Å². The lowest BCUT2D eigenvalue weighted by Crippen LogP contribution is -2.06. The van der Waals surface area contributed by atoms with Gasteiger partial charge in [0.05, 0.1) is 0 Å². The number of anilines is 1. The maximum atomic E-state index is 3.67. The summed E-state index contributed by atoms with van der Waals surface area (Å²) in [7, 11) is 0. The molecule has 3 rings (SSSR count). The summed E-state index contributed by atoms with van der Waals surface area (Å²) in [6.07, 6.45) is 3.80. The largest absolute Gasteiger partial charge is 0.381 e. The Labute approximate surface area is 122 Å². The third-order valence-corrected chi connectivity index (χ3v) is 4.27. The SMILES string of the molecule is CCc1cccc(C)c1NCc1ccccc1C1CC1. The third kappa shape index (κ3) is 2.72. The predicted molar refractivity (Wildman–Crippen MR) is 86.3 cm³/mol. The molecule has 0 heterocycles. The minimum absolute atomic E-state index is 0.815. The van der Waals surface area contributed by atoms with E-state index >= 15 is 0 Å². The Kier molecular flexibility index (Phi) is 3.77. The highest BCUT2D eigenvalue weighted by Crippen LogP contribution is 2.41. The highest BCUT2D eigenvalue weighted by atomic mass is 14.9. The quantitative estimate of drug-likeness (QED) is 0.798. The van der Waals surface area contributed by atoms with Crippen LogP contribution in [0.2, 0.25) is 0 Å². The van der Waals surface area contributed by atoms with Crippen molar-refractivity contribution in [3.05, 3.63) is 64.7 Å². The molecule has 2 aromatic carbocycles. The van der Waals surface area contributed by atoms with E-state index in [9.17, 15) is 0 Å². The van der Waals surface area contributed by atoms with Gasteiger partial charge in [-0.25, -0.2) is 0 Å². The van der Waals surface area contributed by atoms with Crippen LogP contribution in [-0.4, -0.2) is 0 Å². The van der Waals surface area contributed by atoms with Crippen molar-refractivity contribution in [3.63, 3.8) is 0 Å². The van der Waals surface area contributed by atoms with Crippen LogP contribution < -0.4 is 5.32 Å². The molecule has 1 N–H and O–H groups in total. The number of para-hydroxylation sites is 1. The first-order valence-electron chi connectivity index (χ1n) is 7.69. The predicted octanol–water partition coefficient (Wildman–Crippen LogP) is 5.05. The van der Waals surface area contributed by atoms with Gasteiger partial charge in [-0.1, -0.05) is 49.4 Å². The summed E-state index contributed by atoms with van der Waals surface area (Å²) in [4.78, 5) is 0. The van der Waals surface area contributed by atoms with E-state index in [1.807, 2.05) is 0 Å². The standard InChI is InChI=1S/C19H23N/c1-3-15-9-6-7-14(2)19(15)20-13-17-8-4-5-10-18(17)16-11-12-16/h4-10,16,20H,3,11-13H2,1-2H3. The average Bonchev–Trinajstić information content (AvgIpc) is 3.30. The fraction of sp³-hybridized carbons (Fsp3) is 0.368. The van der Waals surface area contributed by atoms with Crippen LogP contribution in [-0.2, 0) is 13.0 Å². The van der Waals surface area contributed by atoms with Crippen LogP contribution in [0, 0.1) is 6.92 Å². The second-order valence-electron chi connectivity index (χ2n) is 5.79. The Balaban J connectivity index is 1.80. The van der Waals surface area contributed by atoms with E-state index in [0.717, 1.165) is 18.9 Å². The number of nitrogens with one attached hydrogen (secondary N) is 1. The van der Waals surface area contributed by atoms with Gasteiger partial charge in [0.15, 0.2) is 0 Å². The van der Waals surface area contributed by atoms with Crippen molar-refractivity contribution in [1.82, 2.24) is 0 Å². The molecule has 1 nitrogen and oxygen atoms in total. The molecule has 2 aromatic rings. The number of aryl methyl sites for hydroxylation is 2. The molecule has 0 radical (unpaired) electrons.